The van der Waals surface area contributed by atoms with E-state index in [4.69, 9.17) is 5.26 Å². The number of carbonyl (C=O) groups excluding carboxylic acids is 1. The first-order chi connectivity index (χ1) is 6.26. The van der Waals surface area contributed by atoms with Crippen molar-refractivity contribution < 1.29 is 4.79 Å². The van der Waals surface area contributed by atoms with Crippen molar-refractivity contribution in [2.75, 3.05) is 19.6 Å². The molecule has 0 aromatic heterocycles. The molecule has 0 aliphatic carbocycles. The first-order valence-electron chi connectivity index (χ1n) is 4.90. The number of hydrogen-bond acceptors (Lipinski definition) is 3. The van der Waals surface area contributed by atoms with E-state index < -0.39 is 0 Å². The van der Waals surface area contributed by atoms with Crippen LogP contribution in [0.2, 0.25) is 0 Å². The number of likely N-dealkylation sites (tertiary alicyclic amines) is 1. The van der Waals surface area contributed by atoms with Crippen molar-refractivity contribution in [3.8, 4) is 6.07 Å². The molecule has 0 aromatic rings. The summed E-state index contributed by atoms with van der Waals surface area (Å²) >= 11 is 0. The van der Waals surface area contributed by atoms with Gasteiger partial charge in [0.15, 0.2) is 0 Å². The molecule has 3 heteroatoms. The maximum Gasteiger partial charge on any atom is 0.146 e. The Bertz CT molecular complexity index is 211. The topological polar surface area (TPSA) is 44.1 Å². The zero-order chi connectivity index (χ0) is 9.68. The Morgan fingerprint density at radius 2 is 2.15 bits per heavy atom. The molecule has 0 spiro atoms. The van der Waals surface area contributed by atoms with Crippen LogP contribution in [0.15, 0.2) is 0 Å². The lowest BCUT2D eigenvalue weighted by Crippen LogP contribution is -2.36. The van der Waals surface area contributed by atoms with Gasteiger partial charge >= 0.3 is 0 Å². The summed E-state index contributed by atoms with van der Waals surface area (Å²) in [7, 11) is 0. The number of carbonyl (C=O) groups is 1. The molecule has 0 atom stereocenters. The van der Waals surface area contributed by atoms with Crippen LogP contribution < -0.4 is 0 Å². The lowest BCUT2D eigenvalue weighted by atomic mass is 9.98. The third-order valence-electron chi connectivity index (χ3n) is 2.56. The quantitative estimate of drug-likeness (QED) is 0.655. The van der Waals surface area contributed by atoms with Crippen molar-refractivity contribution >= 4 is 5.78 Å². The lowest BCUT2D eigenvalue weighted by molar-refractivity contribution is -0.120. The third kappa shape index (κ3) is 3.16. The van der Waals surface area contributed by atoms with Crippen molar-refractivity contribution in [3.63, 3.8) is 0 Å². The van der Waals surface area contributed by atoms with Gasteiger partial charge in [-0.3, -0.25) is 9.69 Å². The molecule has 1 saturated heterocycles. The van der Waals surface area contributed by atoms with E-state index in [2.05, 4.69) is 11.0 Å². The van der Waals surface area contributed by atoms with Crippen LogP contribution >= 0.6 is 0 Å². The first kappa shape index (κ1) is 10.2. The monoisotopic (exact) mass is 180 g/mol. The molecular formula is C10H16N2O. The average molecular weight is 180 g/mol. The van der Waals surface area contributed by atoms with Crippen LogP contribution in [-0.4, -0.2) is 30.3 Å². The number of ketones is 1. The van der Waals surface area contributed by atoms with Gasteiger partial charge in [-0.05, 0) is 25.9 Å². The SMILES string of the molecule is CCC(=O)CN1CCC(C#N)CC1. The van der Waals surface area contributed by atoms with E-state index in [1.165, 1.54) is 0 Å². The number of nitriles is 1. The molecule has 1 aliphatic rings. The molecule has 1 heterocycles. The van der Waals surface area contributed by atoms with E-state index in [0.29, 0.717) is 18.7 Å². The number of rotatable bonds is 3. The lowest BCUT2D eigenvalue weighted by Gasteiger charge is -2.28. The van der Waals surface area contributed by atoms with Crippen molar-refractivity contribution in [2.45, 2.75) is 26.2 Å². The molecule has 0 N–H and O–H groups in total. The molecule has 0 unspecified atom stereocenters. The fraction of sp³-hybridized carbons (Fsp3) is 0.800. The summed E-state index contributed by atoms with van der Waals surface area (Å²) in [5.74, 6) is 0.517. The number of piperidine rings is 1. The van der Waals surface area contributed by atoms with E-state index in [-0.39, 0.29) is 5.92 Å². The second-order valence-corrected chi connectivity index (χ2v) is 3.57. The zero-order valence-corrected chi connectivity index (χ0v) is 8.12. The van der Waals surface area contributed by atoms with Gasteiger partial charge in [0.1, 0.15) is 5.78 Å². The fourth-order valence-electron chi connectivity index (χ4n) is 1.58. The normalized spacial score (nSPS) is 19.7. The van der Waals surface area contributed by atoms with E-state index in [0.717, 1.165) is 25.9 Å². The van der Waals surface area contributed by atoms with Crippen molar-refractivity contribution in [1.29, 1.82) is 5.26 Å². The Kier molecular flexibility index (Phi) is 3.91. The Morgan fingerprint density at radius 1 is 1.54 bits per heavy atom. The highest BCUT2D eigenvalue weighted by Gasteiger charge is 2.19. The predicted molar refractivity (Wildman–Crippen MR) is 50.1 cm³/mol. The highest BCUT2D eigenvalue weighted by atomic mass is 16.1. The Hall–Kier alpha value is -0.880. The van der Waals surface area contributed by atoms with Crippen molar-refractivity contribution in [1.82, 2.24) is 4.90 Å². The van der Waals surface area contributed by atoms with Gasteiger partial charge < -0.3 is 0 Å². The van der Waals surface area contributed by atoms with Crippen LogP contribution in [0.1, 0.15) is 26.2 Å². The van der Waals surface area contributed by atoms with Crippen LogP contribution in [0.25, 0.3) is 0 Å². The Labute approximate surface area is 79.3 Å². The van der Waals surface area contributed by atoms with Crippen molar-refractivity contribution in [2.24, 2.45) is 5.92 Å². The van der Waals surface area contributed by atoms with Crippen LogP contribution in [0.5, 0.6) is 0 Å². The summed E-state index contributed by atoms with van der Waals surface area (Å²) in [5, 5.41) is 8.67. The van der Waals surface area contributed by atoms with E-state index in [1.54, 1.807) is 0 Å². The van der Waals surface area contributed by atoms with Gasteiger partial charge in [0.25, 0.3) is 0 Å². The summed E-state index contributed by atoms with van der Waals surface area (Å²) < 4.78 is 0. The molecular weight excluding hydrogens is 164 g/mol. The number of nitrogens with zero attached hydrogens (tertiary/aromatic N) is 2. The van der Waals surface area contributed by atoms with Gasteiger partial charge in [-0.25, -0.2) is 0 Å². The molecule has 0 aromatic carbocycles. The van der Waals surface area contributed by atoms with Crippen LogP contribution in [-0.2, 0) is 4.79 Å². The maximum atomic E-state index is 11.1. The minimum absolute atomic E-state index is 0.216. The van der Waals surface area contributed by atoms with Crippen LogP contribution in [0.3, 0.4) is 0 Å². The van der Waals surface area contributed by atoms with Crippen LogP contribution in [0, 0.1) is 17.2 Å². The standard InChI is InChI=1S/C10H16N2O/c1-2-10(13)8-12-5-3-9(7-11)4-6-12/h9H,2-6,8H2,1H3. The number of hydrogen-bond donors (Lipinski definition) is 0. The minimum Gasteiger partial charge on any atom is -0.298 e. The first-order valence-corrected chi connectivity index (χ1v) is 4.90. The largest absolute Gasteiger partial charge is 0.298 e. The molecule has 0 saturated carbocycles. The van der Waals surface area contributed by atoms with Gasteiger partial charge in [-0.15, -0.1) is 0 Å². The molecule has 13 heavy (non-hydrogen) atoms. The molecule has 1 fully saturated rings. The van der Waals surface area contributed by atoms with Gasteiger partial charge in [0.05, 0.1) is 12.6 Å². The molecule has 0 amide bonds. The molecule has 1 rings (SSSR count). The number of Topliss-reactive ketones (excluding diaryl/α,β-unsaturated/α-hetero) is 1. The smallest absolute Gasteiger partial charge is 0.146 e. The summed E-state index contributed by atoms with van der Waals surface area (Å²) in [6.07, 6.45) is 2.47. The third-order valence-corrected chi connectivity index (χ3v) is 2.56. The predicted octanol–water partition coefficient (Wildman–Crippen LogP) is 1.20. The Morgan fingerprint density at radius 3 is 2.62 bits per heavy atom. The van der Waals surface area contributed by atoms with Gasteiger partial charge in [-0.1, -0.05) is 6.92 Å². The van der Waals surface area contributed by atoms with E-state index >= 15 is 0 Å². The zero-order valence-electron chi connectivity index (χ0n) is 8.12. The molecule has 1 aliphatic heterocycles. The molecule has 3 nitrogen and oxygen atoms in total. The summed E-state index contributed by atoms with van der Waals surface area (Å²) in [5.41, 5.74) is 0. The summed E-state index contributed by atoms with van der Waals surface area (Å²) in [6, 6.07) is 2.28. The Balaban J connectivity index is 2.26. The van der Waals surface area contributed by atoms with Gasteiger partial charge in [-0.2, -0.15) is 5.26 Å². The molecule has 0 radical (unpaired) electrons. The van der Waals surface area contributed by atoms with Crippen molar-refractivity contribution in [3.05, 3.63) is 0 Å². The van der Waals surface area contributed by atoms with E-state index in [9.17, 15) is 4.79 Å². The second kappa shape index (κ2) is 4.98. The van der Waals surface area contributed by atoms with Gasteiger partial charge in [0.2, 0.25) is 0 Å². The molecule has 72 valence electrons. The summed E-state index contributed by atoms with van der Waals surface area (Å²) in [6.45, 7) is 4.28. The highest BCUT2D eigenvalue weighted by Crippen LogP contribution is 2.15. The minimum atomic E-state index is 0.216. The average Bonchev–Trinajstić information content (AvgIpc) is 2.19. The van der Waals surface area contributed by atoms with Gasteiger partial charge in [0, 0.05) is 12.3 Å². The fourth-order valence-corrected chi connectivity index (χ4v) is 1.58. The van der Waals surface area contributed by atoms with Crippen LogP contribution in [0.4, 0.5) is 0 Å². The summed E-state index contributed by atoms with van der Waals surface area (Å²) in [4.78, 5) is 13.3. The highest BCUT2D eigenvalue weighted by molar-refractivity contribution is 5.80. The second-order valence-electron chi connectivity index (χ2n) is 3.57. The molecule has 0 bridgehead atoms. The maximum absolute atomic E-state index is 11.1. The van der Waals surface area contributed by atoms with E-state index in [1.807, 2.05) is 6.92 Å².